The van der Waals surface area contributed by atoms with Crippen LogP contribution in [-0.4, -0.2) is 6.54 Å². The number of hydrogen-bond acceptors (Lipinski definition) is 1. The molecule has 0 unspecified atom stereocenters. The Labute approximate surface area is 84.2 Å². The van der Waals surface area contributed by atoms with Gasteiger partial charge >= 0.3 is 6.18 Å². The second-order valence-corrected chi connectivity index (χ2v) is 3.00. The first-order valence-electron chi connectivity index (χ1n) is 4.11. The Bertz CT molecular complexity index is 381. The van der Waals surface area contributed by atoms with Crippen LogP contribution < -0.4 is 5.73 Å². The van der Waals surface area contributed by atoms with Crippen LogP contribution in [0, 0.1) is 5.82 Å². The van der Waals surface area contributed by atoms with Crippen LogP contribution in [0.4, 0.5) is 17.6 Å². The van der Waals surface area contributed by atoms with Crippen LogP contribution in [0.2, 0.25) is 0 Å². The minimum atomic E-state index is -4.53. The molecule has 1 rings (SSSR count). The van der Waals surface area contributed by atoms with Gasteiger partial charge in [-0.25, -0.2) is 4.39 Å². The lowest BCUT2D eigenvalue weighted by molar-refractivity contribution is -0.137. The summed E-state index contributed by atoms with van der Waals surface area (Å²) in [6, 6.07) is 2.24. The van der Waals surface area contributed by atoms with Crippen molar-refractivity contribution in [1.29, 1.82) is 0 Å². The van der Waals surface area contributed by atoms with Crippen LogP contribution in [0.25, 0.3) is 5.57 Å². The molecule has 5 heteroatoms. The summed E-state index contributed by atoms with van der Waals surface area (Å²) in [5, 5.41) is 0. The number of rotatable bonds is 2. The first-order chi connectivity index (χ1) is 6.86. The Kier molecular flexibility index (Phi) is 3.14. The highest BCUT2D eigenvalue weighted by atomic mass is 19.4. The van der Waals surface area contributed by atoms with Gasteiger partial charge in [0.1, 0.15) is 5.82 Å². The van der Waals surface area contributed by atoms with Crippen molar-refractivity contribution >= 4 is 5.57 Å². The zero-order valence-electron chi connectivity index (χ0n) is 7.74. The van der Waals surface area contributed by atoms with Crippen LogP contribution in [0.1, 0.15) is 11.1 Å². The summed E-state index contributed by atoms with van der Waals surface area (Å²) in [7, 11) is 0. The molecule has 2 N–H and O–H groups in total. The molecular formula is C10H9F4N. The van der Waals surface area contributed by atoms with Crippen molar-refractivity contribution in [3.63, 3.8) is 0 Å². The topological polar surface area (TPSA) is 26.0 Å². The van der Waals surface area contributed by atoms with Crippen molar-refractivity contribution in [2.75, 3.05) is 6.54 Å². The lowest BCUT2D eigenvalue weighted by atomic mass is 10.0. The van der Waals surface area contributed by atoms with E-state index in [1.54, 1.807) is 0 Å². The molecule has 1 aromatic carbocycles. The van der Waals surface area contributed by atoms with Crippen molar-refractivity contribution in [2.45, 2.75) is 6.18 Å². The van der Waals surface area contributed by atoms with Gasteiger partial charge in [0.15, 0.2) is 0 Å². The zero-order chi connectivity index (χ0) is 11.6. The molecule has 1 aromatic rings. The Balaban J connectivity index is 3.33. The Morgan fingerprint density at radius 2 is 1.93 bits per heavy atom. The Hall–Kier alpha value is -1.36. The van der Waals surface area contributed by atoms with E-state index >= 15 is 0 Å². The fourth-order valence-corrected chi connectivity index (χ4v) is 1.17. The van der Waals surface area contributed by atoms with Gasteiger partial charge in [-0.1, -0.05) is 6.58 Å². The molecule has 0 amide bonds. The van der Waals surface area contributed by atoms with E-state index in [1.807, 2.05) is 0 Å². The van der Waals surface area contributed by atoms with E-state index in [4.69, 9.17) is 5.73 Å². The predicted molar refractivity (Wildman–Crippen MR) is 49.5 cm³/mol. The quantitative estimate of drug-likeness (QED) is 0.760. The molecule has 0 bridgehead atoms. The van der Waals surface area contributed by atoms with Gasteiger partial charge in [-0.05, 0) is 29.3 Å². The molecule has 0 saturated carbocycles. The van der Waals surface area contributed by atoms with E-state index in [0.29, 0.717) is 6.07 Å². The second kappa shape index (κ2) is 4.02. The minimum Gasteiger partial charge on any atom is -0.326 e. The van der Waals surface area contributed by atoms with Gasteiger partial charge in [0, 0.05) is 6.54 Å². The first-order valence-corrected chi connectivity index (χ1v) is 4.11. The Morgan fingerprint density at radius 1 is 1.33 bits per heavy atom. The van der Waals surface area contributed by atoms with E-state index in [-0.39, 0.29) is 17.7 Å². The SMILES string of the molecule is C=C(CN)c1cc(F)ccc1C(F)(F)F. The summed E-state index contributed by atoms with van der Waals surface area (Å²) in [6.07, 6.45) is -4.53. The maximum atomic E-state index is 12.8. The van der Waals surface area contributed by atoms with Gasteiger partial charge in [-0.2, -0.15) is 13.2 Å². The van der Waals surface area contributed by atoms with Gasteiger partial charge in [-0.15, -0.1) is 0 Å². The minimum absolute atomic E-state index is 0.0572. The van der Waals surface area contributed by atoms with Crippen molar-refractivity contribution in [3.8, 4) is 0 Å². The van der Waals surface area contributed by atoms with Crippen molar-refractivity contribution in [1.82, 2.24) is 0 Å². The molecule has 1 nitrogen and oxygen atoms in total. The third kappa shape index (κ3) is 2.56. The number of alkyl halides is 3. The molecule has 82 valence electrons. The molecule has 0 aromatic heterocycles. The summed E-state index contributed by atoms with van der Waals surface area (Å²) in [5.41, 5.74) is 4.03. The van der Waals surface area contributed by atoms with Gasteiger partial charge in [0.2, 0.25) is 0 Å². The van der Waals surface area contributed by atoms with Gasteiger partial charge in [0.05, 0.1) is 5.56 Å². The van der Waals surface area contributed by atoms with Crippen LogP contribution in [0.3, 0.4) is 0 Å². The van der Waals surface area contributed by atoms with E-state index in [1.165, 1.54) is 0 Å². The largest absolute Gasteiger partial charge is 0.416 e. The number of nitrogens with two attached hydrogens (primary N) is 1. The second-order valence-electron chi connectivity index (χ2n) is 3.00. The average molecular weight is 219 g/mol. The highest BCUT2D eigenvalue weighted by Gasteiger charge is 2.33. The van der Waals surface area contributed by atoms with Crippen molar-refractivity contribution < 1.29 is 17.6 Å². The zero-order valence-corrected chi connectivity index (χ0v) is 7.74. The lowest BCUT2D eigenvalue weighted by Crippen LogP contribution is -2.11. The van der Waals surface area contributed by atoms with Gasteiger partial charge < -0.3 is 5.73 Å². The fraction of sp³-hybridized carbons (Fsp3) is 0.200. The molecule has 0 aliphatic carbocycles. The first kappa shape index (κ1) is 11.7. The number of hydrogen-bond donors (Lipinski definition) is 1. The number of halogens is 4. The standard InChI is InChI=1S/C10H9F4N/c1-6(5-15)8-4-7(11)2-3-9(8)10(12,13)14/h2-4H,1,5,15H2. The summed E-state index contributed by atoms with van der Waals surface area (Å²) in [5.74, 6) is -0.743. The Morgan fingerprint density at radius 3 is 2.40 bits per heavy atom. The third-order valence-corrected chi connectivity index (χ3v) is 1.91. The van der Waals surface area contributed by atoms with Gasteiger partial charge in [0.25, 0.3) is 0 Å². The molecule has 0 radical (unpaired) electrons. The van der Waals surface area contributed by atoms with E-state index in [9.17, 15) is 17.6 Å². The van der Waals surface area contributed by atoms with Crippen LogP contribution in [0.5, 0.6) is 0 Å². The number of benzene rings is 1. The third-order valence-electron chi connectivity index (χ3n) is 1.91. The molecule has 0 heterocycles. The summed E-state index contributed by atoms with van der Waals surface area (Å²) >= 11 is 0. The summed E-state index contributed by atoms with van der Waals surface area (Å²) < 4.78 is 50.2. The molecular weight excluding hydrogens is 210 g/mol. The smallest absolute Gasteiger partial charge is 0.326 e. The molecule has 0 fully saturated rings. The molecule has 0 aliphatic rings. The molecule has 0 saturated heterocycles. The molecule has 0 aliphatic heterocycles. The summed E-state index contributed by atoms with van der Waals surface area (Å²) in [4.78, 5) is 0. The van der Waals surface area contributed by atoms with Crippen molar-refractivity contribution in [3.05, 3.63) is 41.7 Å². The summed E-state index contributed by atoms with van der Waals surface area (Å²) in [6.45, 7) is 3.22. The van der Waals surface area contributed by atoms with E-state index in [0.717, 1.165) is 12.1 Å². The van der Waals surface area contributed by atoms with E-state index in [2.05, 4.69) is 6.58 Å². The normalized spacial score (nSPS) is 11.5. The molecule has 15 heavy (non-hydrogen) atoms. The predicted octanol–water partition coefficient (Wildman–Crippen LogP) is 2.82. The molecule has 0 spiro atoms. The fourth-order valence-electron chi connectivity index (χ4n) is 1.17. The van der Waals surface area contributed by atoms with Crippen LogP contribution in [0.15, 0.2) is 24.8 Å². The monoisotopic (exact) mass is 219 g/mol. The average Bonchev–Trinajstić information content (AvgIpc) is 2.14. The molecule has 0 atom stereocenters. The van der Waals surface area contributed by atoms with Crippen LogP contribution >= 0.6 is 0 Å². The lowest BCUT2D eigenvalue weighted by Gasteiger charge is -2.13. The van der Waals surface area contributed by atoms with Crippen LogP contribution in [-0.2, 0) is 6.18 Å². The highest BCUT2D eigenvalue weighted by Crippen LogP contribution is 2.34. The van der Waals surface area contributed by atoms with Crippen molar-refractivity contribution in [2.24, 2.45) is 5.73 Å². The highest BCUT2D eigenvalue weighted by molar-refractivity contribution is 5.68. The van der Waals surface area contributed by atoms with E-state index < -0.39 is 17.6 Å². The maximum absolute atomic E-state index is 12.8. The van der Waals surface area contributed by atoms with Gasteiger partial charge in [-0.3, -0.25) is 0 Å². The maximum Gasteiger partial charge on any atom is 0.416 e.